The molecule has 0 fully saturated rings. The van der Waals surface area contributed by atoms with E-state index < -0.39 is 5.97 Å². The van der Waals surface area contributed by atoms with Crippen LogP contribution in [0.3, 0.4) is 0 Å². The minimum atomic E-state index is -1.02. The van der Waals surface area contributed by atoms with Crippen LogP contribution >= 0.6 is 23.2 Å². The van der Waals surface area contributed by atoms with Crippen molar-refractivity contribution < 1.29 is 19.4 Å². The molecule has 7 heteroatoms. The fourth-order valence-corrected chi connectivity index (χ4v) is 3.75. The van der Waals surface area contributed by atoms with Crippen LogP contribution in [0.15, 0.2) is 67.3 Å². The van der Waals surface area contributed by atoms with E-state index in [4.69, 9.17) is 37.8 Å². The van der Waals surface area contributed by atoms with Gasteiger partial charge in [-0.2, -0.15) is 5.26 Å². The number of carboxylic acids is 1. The first kappa shape index (κ1) is 25.9. The second-order valence-corrected chi connectivity index (χ2v) is 8.34. The number of hydrogen-bond donors (Lipinski definition) is 1. The fraction of sp³-hybridized carbons (Fsp3) is 0.143. The highest BCUT2D eigenvalue weighted by molar-refractivity contribution is 6.42. The van der Waals surface area contributed by atoms with Crippen LogP contribution in [0.1, 0.15) is 39.5 Å². The van der Waals surface area contributed by atoms with Crippen LogP contribution < -0.4 is 9.47 Å². The Hall–Kier alpha value is -3.72. The number of benzene rings is 3. The Morgan fingerprint density at radius 2 is 1.77 bits per heavy atom. The molecule has 1 N–H and O–H groups in total. The highest BCUT2D eigenvalue weighted by Gasteiger charge is 2.14. The highest BCUT2D eigenvalue weighted by Crippen LogP contribution is 2.36. The Bertz CT molecular complexity index is 1310. The molecule has 0 aromatic heterocycles. The van der Waals surface area contributed by atoms with Gasteiger partial charge in [0.1, 0.15) is 6.61 Å². The lowest BCUT2D eigenvalue weighted by Gasteiger charge is -2.17. The van der Waals surface area contributed by atoms with Crippen molar-refractivity contribution in [3.05, 3.63) is 105 Å². The molecular weight excluding hydrogens is 485 g/mol. The van der Waals surface area contributed by atoms with Crippen molar-refractivity contribution in [2.75, 3.05) is 6.61 Å². The number of allylic oxidation sites excluding steroid dienone is 2. The van der Waals surface area contributed by atoms with Crippen molar-refractivity contribution in [2.45, 2.75) is 20.0 Å². The number of rotatable bonds is 10. The summed E-state index contributed by atoms with van der Waals surface area (Å²) in [5.41, 5.74) is 3.59. The zero-order chi connectivity index (χ0) is 25.4. The molecule has 3 aromatic rings. The number of nitriles is 1. The molecule has 3 rings (SSSR count). The van der Waals surface area contributed by atoms with E-state index in [0.717, 1.165) is 16.7 Å². The van der Waals surface area contributed by atoms with Crippen LogP contribution in [0.5, 0.6) is 11.5 Å². The van der Waals surface area contributed by atoms with E-state index in [1.807, 2.05) is 25.1 Å². The lowest BCUT2D eigenvalue weighted by molar-refractivity contribution is 0.0697. The fourth-order valence-electron chi connectivity index (χ4n) is 3.42. The molecule has 0 aliphatic heterocycles. The van der Waals surface area contributed by atoms with E-state index in [9.17, 15) is 10.1 Å². The maximum absolute atomic E-state index is 11.1. The second-order valence-electron chi connectivity index (χ2n) is 7.52. The summed E-state index contributed by atoms with van der Waals surface area (Å²) in [4.78, 5) is 11.1. The summed E-state index contributed by atoms with van der Waals surface area (Å²) < 4.78 is 12.0. The number of aromatic carboxylic acids is 1. The van der Waals surface area contributed by atoms with Gasteiger partial charge in [0.2, 0.25) is 0 Å². The third-order valence-electron chi connectivity index (χ3n) is 5.06. The SMILES string of the molecule is C=CCc1cc(/C=C(/C#N)c2ccc(C(=O)O)cc2)cc(OCC)c1OCc1ccc(Cl)c(Cl)c1. The largest absolute Gasteiger partial charge is 0.490 e. The van der Waals surface area contributed by atoms with Crippen molar-refractivity contribution in [3.8, 4) is 17.6 Å². The molecule has 178 valence electrons. The Labute approximate surface area is 214 Å². The Morgan fingerprint density at radius 3 is 2.37 bits per heavy atom. The molecular formula is C28H23Cl2NO4. The van der Waals surface area contributed by atoms with Crippen LogP contribution in [-0.4, -0.2) is 17.7 Å². The Balaban J connectivity index is 1.99. The number of ether oxygens (including phenoxy) is 2. The number of hydrogen-bond acceptors (Lipinski definition) is 4. The number of carbonyl (C=O) groups is 1. The smallest absolute Gasteiger partial charge is 0.335 e. The van der Waals surface area contributed by atoms with Gasteiger partial charge < -0.3 is 14.6 Å². The van der Waals surface area contributed by atoms with E-state index in [0.29, 0.717) is 45.7 Å². The predicted molar refractivity (Wildman–Crippen MR) is 139 cm³/mol. The average molecular weight is 508 g/mol. The van der Waals surface area contributed by atoms with Crippen LogP contribution in [-0.2, 0) is 13.0 Å². The lowest BCUT2D eigenvalue weighted by atomic mass is 10.00. The first-order valence-electron chi connectivity index (χ1n) is 10.8. The molecule has 0 aliphatic rings. The molecule has 35 heavy (non-hydrogen) atoms. The first-order valence-corrected chi connectivity index (χ1v) is 11.5. The summed E-state index contributed by atoms with van der Waals surface area (Å²) >= 11 is 12.1. The minimum Gasteiger partial charge on any atom is -0.490 e. The Kier molecular flexibility index (Phi) is 8.97. The van der Waals surface area contributed by atoms with Crippen LogP contribution in [0.25, 0.3) is 11.6 Å². The molecule has 0 saturated heterocycles. The second kappa shape index (κ2) is 12.1. The van der Waals surface area contributed by atoms with Gasteiger partial charge in [0.15, 0.2) is 11.5 Å². The van der Waals surface area contributed by atoms with Gasteiger partial charge in [-0.05, 0) is 72.5 Å². The monoisotopic (exact) mass is 507 g/mol. The zero-order valence-electron chi connectivity index (χ0n) is 19.1. The summed E-state index contributed by atoms with van der Waals surface area (Å²) in [6.45, 7) is 6.40. The van der Waals surface area contributed by atoms with E-state index >= 15 is 0 Å². The van der Waals surface area contributed by atoms with Crippen molar-refractivity contribution in [3.63, 3.8) is 0 Å². The summed E-state index contributed by atoms with van der Waals surface area (Å²) in [6.07, 6.45) is 4.02. The summed E-state index contributed by atoms with van der Waals surface area (Å²) in [7, 11) is 0. The molecule has 0 saturated carbocycles. The van der Waals surface area contributed by atoms with Gasteiger partial charge in [-0.3, -0.25) is 0 Å². The topological polar surface area (TPSA) is 79.6 Å². The quantitative estimate of drug-likeness (QED) is 0.175. The normalized spacial score (nSPS) is 11.0. The maximum Gasteiger partial charge on any atom is 0.335 e. The summed E-state index contributed by atoms with van der Waals surface area (Å²) in [5, 5.41) is 19.8. The molecule has 0 radical (unpaired) electrons. The minimum absolute atomic E-state index is 0.154. The van der Waals surface area contributed by atoms with Crippen molar-refractivity contribution >= 4 is 40.8 Å². The maximum atomic E-state index is 11.1. The van der Waals surface area contributed by atoms with E-state index in [1.165, 1.54) is 12.1 Å². The van der Waals surface area contributed by atoms with Gasteiger partial charge in [0, 0.05) is 5.56 Å². The van der Waals surface area contributed by atoms with Gasteiger partial charge in [-0.15, -0.1) is 6.58 Å². The average Bonchev–Trinajstić information content (AvgIpc) is 2.84. The zero-order valence-corrected chi connectivity index (χ0v) is 20.6. The number of halogens is 2. The lowest BCUT2D eigenvalue weighted by Crippen LogP contribution is -2.03. The van der Waals surface area contributed by atoms with Gasteiger partial charge in [0.25, 0.3) is 0 Å². The summed E-state index contributed by atoms with van der Waals surface area (Å²) in [5.74, 6) is 0.0990. The van der Waals surface area contributed by atoms with Crippen LogP contribution in [0.2, 0.25) is 10.0 Å². The molecule has 3 aromatic carbocycles. The molecule has 0 aliphatic carbocycles. The number of carboxylic acid groups (broad SMARTS) is 1. The molecule has 0 atom stereocenters. The predicted octanol–water partition coefficient (Wildman–Crippen LogP) is 7.46. The van der Waals surface area contributed by atoms with E-state index in [2.05, 4.69) is 12.6 Å². The van der Waals surface area contributed by atoms with Crippen molar-refractivity contribution in [1.82, 2.24) is 0 Å². The molecule has 0 spiro atoms. The molecule has 0 unspecified atom stereocenters. The van der Waals surface area contributed by atoms with Crippen molar-refractivity contribution in [2.24, 2.45) is 0 Å². The van der Waals surface area contributed by atoms with Crippen LogP contribution in [0.4, 0.5) is 0 Å². The van der Waals surface area contributed by atoms with E-state index in [-0.39, 0.29) is 12.2 Å². The molecule has 5 nitrogen and oxygen atoms in total. The molecule has 0 heterocycles. The van der Waals surface area contributed by atoms with Crippen molar-refractivity contribution in [1.29, 1.82) is 5.26 Å². The van der Waals surface area contributed by atoms with E-state index in [1.54, 1.807) is 36.4 Å². The van der Waals surface area contributed by atoms with Gasteiger partial charge in [-0.1, -0.05) is 47.5 Å². The molecule has 0 amide bonds. The highest BCUT2D eigenvalue weighted by atomic mass is 35.5. The van der Waals surface area contributed by atoms with Gasteiger partial charge >= 0.3 is 5.97 Å². The first-order chi connectivity index (χ1) is 16.9. The standard InChI is InChI=1S/C28H23Cl2NO4/c1-3-5-22-12-19(13-23(16-31)20-7-9-21(10-8-20)28(32)33)15-26(34-4-2)27(22)35-17-18-6-11-24(29)25(30)14-18/h3,6-15H,1,4-5,17H2,2H3,(H,32,33)/b23-13-. The third kappa shape index (κ3) is 6.66. The third-order valence-corrected chi connectivity index (χ3v) is 5.80. The van der Waals surface area contributed by atoms with Gasteiger partial charge in [0.05, 0.1) is 33.9 Å². The summed E-state index contributed by atoms with van der Waals surface area (Å²) in [6, 6.07) is 17.4. The molecule has 0 bridgehead atoms. The van der Waals surface area contributed by atoms with Crippen LogP contribution in [0, 0.1) is 11.3 Å². The number of nitrogens with zero attached hydrogens (tertiary/aromatic N) is 1. The Morgan fingerprint density at radius 1 is 1.06 bits per heavy atom. The van der Waals surface area contributed by atoms with Gasteiger partial charge in [-0.25, -0.2) is 4.79 Å².